The Morgan fingerprint density at radius 3 is 2.42 bits per heavy atom. The number of anilines is 1. The Kier molecular flexibility index (Phi) is 4.03. The van der Waals surface area contributed by atoms with Gasteiger partial charge in [-0.05, 0) is 47.5 Å². The number of nitrogens with zero attached hydrogens (tertiary/aromatic N) is 1. The van der Waals surface area contributed by atoms with Crippen LogP contribution < -0.4 is 4.72 Å². The zero-order valence-corrected chi connectivity index (χ0v) is 14.1. The summed E-state index contributed by atoms with van der Waals surface area (Å²) in [5.41, 5.74) is 1.53. The van der Waals surface area contributed by atoms with E-state index in [2.05, 4.69) is 41.7 Å². The molecular weight excluding hydrogens is 400 g/mol. The molecule has 1 N–H and O–H groups in total. The highest BCUT2D eigenvalue weighted by molar-refractivity contribution is 9.11. The third-order valence-corrected chi connectivity index (χ3v) is 5.53. The molecule has 0 aliphatic heterocycles. The molecule has 2 aromatic rings. The van der Waals surface area contributed by atoms with Crippen LogP contribution in [0.2, 0.25) is 0 Å². The van der Waals surface area contributed by atoms with Gasteiger partial charge in [0.15, 0.2) is 0 Å². The monoisotopic (exact) mass is 408 g/mol. The quantitative estimate of drug-likeness (QED) is 0.840. The zero-order chi connectivity index (χ0) is 14.2. The van der Waals surface area contributed by atoms with Crippen molar-refractivity contribution in [3.05, 3.63) is 38.4 Å². The van der Waals surface area contributed by atoms with Gasteiger partial charge >= 0.3 is 0 Å². The number of rotatable bonds is 3. The van der Waals surface area contributed by atoms with Gasteiger partial charge in [0.1, 0.15) is 4.90 Å². The minimum atomic E-state index is -3.73. The third kappa shape index (κ3) is 3.18. The summed E-state index contributed by atoms with van der Waals surface area (Å²) in [6, 6.07) is 4.77. The van der Waals surface area contributed by atoms with Crippen LogP contribution in [0.4, 0.5) is 5.88 Å². The van der Waals surface area contributed by atoms with Crippen molar-refractivity contribution in [3.8, 4) is 0 Å². The lowest BCUT2D eigenvalue weighted by Crippen LogP contribution is -2.13. The van der Waals surface area contributed by atoms with E-state index in [4.69, 9.17) is 4.52 Å². The Hall–Kier alpha value is -0.860. The van der Waals surface area contributed by atoms with Gasteiger partial charge in [-0.3, -0.25) is 0 Å². The van der Waals surface area contributed by atoms with E-state index in [1.807, 2.05) is 6.92 Å². The minimum Gasteiger partial charge on any atom is -0.338 e. The molecule has 0 aliphatic carbocycles. The van der Waals surface area contributed by atoms with E-state index in [1.165, 1.54) is 12.1 Å². The summed E-state index contributed by atoms with van der Waals surface area (Å²) in [6.07, 6.45) is 0. The maximum Gasteiger partial charge on any atom is 0.265 e. The number of aryl methyl sites for hydroxylation is 2. The molecule has 1 aromatic heterocycles. The first kappa shape index (κ1) is 14.5. The Labute approximate surface area is 127 Å². The highest BCUT2D eigenvalue weighted by Gasteiger charge is 2.20. The second-order valence-corrected chi connectivity index (χ2v) is 7.33. The Morgan fingerprint density at radius 1 is 1.16 bits per heavy atom. The van der Waals surface area contributed by atoms with Gasteiger partial charge in [-0.15, -0.1) is 0 Å². The van der Waals surface area contributed by atoms with E-state index in [0.29, 0.717) is 14.6 Å². The van der Waals surface area contributed by atoms with Gasteiger partial charge in [-0.1, -0.05) is 21.1 Å². The van der Waals surface area contributed by atoms with E-state index in [0.717, 1.165) is 5.56 Å². The fourth-order valence-electron chi connectivity index (χ4n) is 1.43. The predicted octanol–water partition coefficient (Wildman–Crippen LogP) is 3.62. The second-order valence-electron chi connectivity index (χ2n) is 3.97. The molecule has 0 atom stereocenters. The van der Waals surface area contributed by atoms with Crippen molar-refractivity contribution in [3.63, 3.8) is 0 Å². The number of nitrogens with one attached hydrogen (secondary N) is 1. The Bertz CT molecular complexity index is 726. The van der Waals surface area contributed by atoms with Gasteiger partial charge in [-0.25, -0.2) is 13.1 Å². The molecule has 0 fully saturated rings. The van der Waals surface area contributed by atoms with Crippen molar-refractivity contribution in [1.82, 2.24) is 5.16 Å². The molecule has 1 heterocycles. The van der Waals surface area contributed by atoms with Crippen LogP contribution in [0, 0.1) is 13.8 Å². The molecule has 5 nitrogen and oxygen atoms in total. The summed E-state index contributed by atoms with van der Waals surface area (Å²) >= 11 is 6.56. The maximum atomic E-state index is 12.2. The van der Waals surface area contributed by atoms with Crippen LogP contribution in [0.1, 0.15) is 11.3 Å². The van der Waals surface area contributed by atoms with Crippen molar-refractivity contribution >= 4 is 47.8 Å². The lowest BCUT2D eigenvalue weighted by atomic mass is 10.2. The average Bonchev–Trinajstić information content (AvgIpc) is 2.68. The molecule has 0 unspecified atom stereocenters. The topological polar surface area (TPSA) is 72.2 Å². The summed E-state index contributed by atoms with van der Waals surface area (Å²) < 4.78 is 32.9. The summed E-state index contributed by atoms with van der Waals surface area (Å²) in [6.45, 7) is 3.58. The highest BCUT2D eigenvalue weighted by Crippen LogP contribution is 2.30. The second kappa shape index (κ2) is 5.26. The molecule has 0 saturated heterocycles. The van der Waals surface area contributed by atoms with Gasteiger partial charge < -0.3 is 4.52 Å². The number of hydrogen-bond acceptors (Lipinski definition) is 4. The fourth-order valence-corrected chi connectivity index (χ4v) is 4.08. The van der Waals surface area contributed by atoms with Gasteiger partial charge in [0.25, 0.3) is 10.0 Å². The van der Waals surface area contributed by atoms with Crippen LogP contribution >= 0.6 is 31.9 Å². The van der Waals surface area contributed by atoms with Gasteiger partial charge in [0.2, 0.25) is 5.88 Å². The molecule has 0 bridgehead atoms. The molecule has 0 amide bonds. The van der Waals surface area contributed by atoms with E-state index in [-0.39, 0.29) is 10.8 Å². The SMILES string of the molecule is Cc1cc(NS(=O)(=O)c2cc(Br)c(C)cc2Br)on1. The van der Waals surface area contributed by atoms with E-state index in [9.17, 15) is 8.42 Å². The van der Waals surface area contributed by atoms with Crippen LogP contribution in [-0.4, -0.2) is 13.6 Å². The van der Waals surface area contributed by atoms with Crippen molar-refractivity contribution in [2.45, 2.75) is 18.7 Å². The highest BCUT2D eigenvalue weighted by atomic mass is 79.9. The number of halogens is 2. The van der Waals surface area contributed by atoms with E-state index in [1.54, 1.807) is 13.0 Å². The third-order valence-electron chi connectivity index (χ3n) is 2.37. The van der Waals surface area contributed by atoms with Crippen molar-refractivity contribution in [1.29, 1.82) is 0 Å². The van der Waals surface area contributed by atoms with Crippen molar-refractivity contribution in [2.75, 3.05) is 4.72 Å². The molecular formula is C11H10Br2N2O3S. The molecule has 19 heavy (non-hydrogen) atoms. The summed E-state index contributed by atoms with van der Waals surface area (Å²) in [5.74, 6) is 0.0843. The van der Waals surface area contributed by atoms with Gasteiger partial charge in [-0.2, -0.15) is 0 Å². The van der Waals surface area contributed by atoms with Gasteiger partial charge in [0.05, 0.1) is 5.69 Å². The average molecular weight is 410 g/mol. The molecule has 0 saturated carbocycles. The van der Waals surface area contributed by atoms with E-state index >= 15 is 0 Å². The molecule has 102 valence electrons. The Balaban J connectivity index is 2.42. The zero-order valence-electron chi connectivity index (χ0n) is 10.1. The lowest BCUT2D eigenvalue weighted by molar-refractivity contribution is 0.430. The van der Waals surface area contributed by atoms with Gasteiger partial charge in [0, 0.05) is 15.0 Å². The normalized spacial score (nSPS) is 11.6. The first-order valence-corrected chi connectivity index (χ1v) is 8.28. The largest absolute Gasteiger partial charge is 0.338 e. The molecule has 0 spiro atoms. The lowest BCUT2D eigenvalue weighted by Gasteiger charge is -2.09. The van der Waals surface area contributed by atoms with Crippen molar-refractivity contribution in [2.24, 2.45) is 0 Å². The predicted molar refractivity (Wildman–Crippen MR) is 78.6 cm³/mol. The summed E-state index contributed by atoms with van der Waals surface area (Å²) in [7, 11) is -3.73. The fraction of sp³-hybridized carbons (Fsp3) is 0.182. The van der Waals surface area contributed by atoms with Crippen LogP contribution in [0.5, 0.6) is 0 Å². The molecule has 8 heteroatoms. The number of hydrogen-bond donors (Lipinski definition) is 1. The summed E-state index contributed by atoms with van der Waals surface area (Å²) in [4.78, 5) is 0.124. The molecule has 0 aliphatic rings. The smallest absolute Gasteiger partial charge is 0.265 e. The molecule has 1 aromatic carbocycles. The Morgan fingerprint density at radius 2 is 1.84 bits per heavy atom. The molecule has 0 radical (unpaired) electrons. The van der Waals surface area contributed by atoms with Crippen molar-refractivity contribution < 1.29 is 12.9 Å². The summed E-state index contributed by atoms with van der Waals surface area (Å²) in [5, 5.41) is 3.63. The molecule has 2 rings (SSSR count). The first-order chi connectivity index (χ1) is 8.79. The number of aromatic nitrogens is 1. The van der Waals surface area contributed by atoms with E-state index < -0.39 is 10.0 Å². The number of sulfonamides is 1. The van der Waals surface area contributed by atoms with Crippen LogP contribution in [0.15, 0.2) is 36.6 Å². The van der Waals surface area contributed by atoms with Crippen LogP contribution in [-0.2, 0) is 10.0 Å². The van der Waals surface area contributed by atoms with Crippen LogP contribution in [0.25, 0.3) is 0 Å². The maximum absolute atomic E-state index is 12.2. The first-order valence-electron chi connectivity index (χ1n) is 5.21. The van der Waals surface area contributed by atoms with Crippen LogP contribution in [0.3, 0.4) is 0 Å². The number of benzene rings is 1. The minimum absolute atomic E-state index is 0.0843. The standard InChI is InChI=1S/C11H10Br2N2O3S/c1-6-3-9(13)10(5-8(6)12)19(16,17)15-11-4-7(2)14-18-11/h3-5,15H,1-2H3.